The van der Waals surface area contributed by atoms with Gasteiger partial charge < -0.3 is 14.0 Å². The highest BCUT2D eigenvalue weighted by Gasteiger charge is 2.45. The van der Waals surface area contributed by atoms with Crippen molar-refractivity contribution in [3.63, 3.8) is 0 Å². The summed E-state index contributed by atoms with van der Waals surface area (Å²) in [5, 5.41) is 5.32. The number of rotatable bonds is 8. The number of halogens is 2. The average molecular weight is 595 g/mol. The van der Waals surface area contributed by atoms with Crippen LogP contribution in [0.3, 0.4) is 0 Å². The standard InChI is InChI=1S/C30H28Cl2N4O5/c1-17(2)27-25-26(33-36(27)23-7-5-6-8-24(23)40-4)30(39)35(28(25)19-9-11-20(31)12-10-19)21-15-22(32)29(38)34(16-21)13-14-41-18(3)37/h5-12,15-17,28H,13-14H2,1-4H3. The molecule has 1 atom stereocenters. The molecule has 4 aromatic rings. The number of ether oxygens (including phenoxy) is 2. The van der Waals surface area contributed by atoms with Gasteiger partial charge in [-0.3, -0.25) is 19.3 Å². The monoisotopic (exact) mass is 594 g/mol. The Bertz CT molecular complexity index is 1690. The highest BCUT2D eigenvalue weighted by molar-refractivity contribution is 6.31. The van der Waals surface area contributed by atoms with E-state index >= 15 is 0 Å². The summed E-state index contributed by atoms with van der Waals surface area (Å²) >= 11 is 12.6. The number of anilines is 1. The molecule has 0 spiro atoms. The molecule has 0 radical (unpaired) electrons. The molecule has 0 aliphatic carbocycles. The number of esters is 1. The fourth-order valence-electron chi connectivity index (χ4n) is 5.17. The van der Waals surface area contributed by atoms with E-state index in [0.717, 1.165) is 16.8 Å². The number of amides is 1. The third-order valence-corrected chi connectivity index (χ3v) is 7.42. The van der Waals surface area contributed by atoms with E-state index in [4.69, 9.17) is 37.8 Å². The Hall–Kier alpha value is -4.08. The molecule has 11 heteroatoms. The molecule has 212 valence electrons. The number of hydrogen-bond acceptors (Lipinski definition) is 6. The number of fused-ring (bicyclic) bond motifs is 1. The van der Waals surface area contributed by atoms with E-state index in [1.54, 1.807) is 35.0 Å². The summed E-state index contributed by atoms with van der Waals surface area (Å²) in [6, 6.07) is 15.7. The number of benzene rings is 2. The summed E-state index contributed by atoms with van der Waals surface area (Å²) in [5.74, 6) is -0.220. The number of carbonyl (C=O) groups excluding carboxylic acids is 2. The number of hydrogen-bond donors (Lipinski definition) is 0. The lowest BCUT2D eigenvalue weighted by atomic mass is 9.94. The Morgan fingerprint density at radius 3 is 2.44 bits per heavy atom. The van der Waals surface area contributed by atoms with Gasteiger partial charge in [-0.15, -0.1) is 0 Å². The maximum absolute atomic E-state index is 14.2. The summed E-state index contributed by atoms with van der Waals surface area (Å²) in [4.78, 5) is 39.9. The summed E-state index contributed by atoms with van der Waals surface area (Å²) in [5.41, 5.74) is 3.33. The molecule has 0 saturated heterocycles. The number of para-hydroxylation sites is 2. The lowest BCUT2D eigenvalue weighted by molar-refractivity contribution is -0.141. The Labute approximate surface area is 246 Å². The normalized spacial score (nSPS) is 14.5. The minimum Gasteiger partial charge on any atom is -0.494 e. The van der Waals surface area contributed by atoms with E-state index in [1.165, 1.54) is 17.6 Å². The second-order valence-corrected chi connectivity index (χ2v) is 10.7. The van der Waals surface area contributed by atoms with E-state index in [0.29, 0.717) is 22.1 Å². The minimum atomic E-state index is -0.592. The van der Waals surface area contributed by atoms with Gasteiger partial charge in [-0.25, -0.2) is 4.68 Å². The lowest BCUT2D eigenvalue weighted by Gasteiger charge is -2.28. The van der Waals surface area contributed by atoms with Crippen LogP contribution >= 0.6 is 23.2 Å². The van der Waals surface area contributed by atoms with Crippen LogP contribution in [0.2, 0.25) is 10.0 Å². The van der Waals surface area contributed by atoms with Gasteiger partial charge in [0, 0.05) is 23.7 Å². The smallest absolute Gasteiger partial charge is 0.302 e. The fourth-order valence-corrected chi connectivity index (χ4v) is 5.52. The number of methoxy groups -OCH3 is 1. The first-order valence-electron chi connectivity index (χ1n) is 13.0. The molecular weight excluding hydrogens is 567 g/mol. The van der Waals surface area contributed by atoms with Crippen LogP contribution in [0.1, 0.15) is 60.0 Å². The van der Waals surface area contributed by atoms with Crippen molar-refractivity contribution in [1.82, 2.24) is 14.3 Å². The number of carbonyl (C=O) groups is 2. The Balaban J connectivity index is 1.72. The number of pyridine rings is 1. The third-order valence-electron chi connectivity index (χ3n) is 6.90. The maximum atomic E-state index is 14.2. The topological polar surface area (TPSA) is 95.7 Å². The van der Waals surface area contributed by atoms with Crippen molar-refractivity contribution in [2.45, 2.75) is 39.3 Å². The van der Waals surface area contributed by atoms with E-state index < -0.39 is 17.6 Å². The molecule has 2 aromatic heterocycles. The van der Waals surface area contributed by atoms with Gasteiger partial charge in [0.25, 0.3) is 11.5 Å². The van der Waals surface area contributed by atoms with Crippen molar-refractivity contribution in [1.29, 1.82) is 0 Å². The summed E-state index contributed by atoms with van der Waals surface area (Å²) in [7, 11) is 1.59. The van der Waals surface area contributed by atoms with E-state index in [1.807, 2.05) is 50.2 Å². The van der Waals surface area contributed by atoms with Crippen LogP contribution in [-0.2, 0) is 16.1 Å². The van der Waals surface area contributed by atoms with Crippen molar-refractivity contribution >= 4 is 40.8 Å². The second-order valence-electron chi connectivity index (χ2n) is 9.90. The fraction of sp³-hybridized carbons (Fsp3) is 0.267. The van der Waals surface area contributed by atoms with Crippen LogP contribution in [-0.4, -0.2) is 39.9 Å². The van der Waals surface area contributed by atoms with Crippen LogP contribution in [0.15, 0.2) is 65.6 Å². The summed E-state index contributed by atoms with van der Waals surface area (Å²) in [6.45, 7) is 5.43. The van der Waals surface area contributed by atoms with Crippen molar-refractivity contribution in [3.05, 3.63) is 104 Å². The highest BCUT2D eigenvalue weighted by atomic mass is 35.5. The van der Waals surface area contributed by atoms with Crippen LogP contribution in [0.5, 0.6) is 5.75 Å². The van der Waals surface area contributed by atoms with Gasteiger partial charge in [0.05, 0.1) is 31.1 Å². The van der Waals surface area contributed by atoms with Gasteiger partial charge in [0.2, 0.25) is 0 Å². The van der Waals surface area contributed by atoms with Crippen LogP contribution < -0.4 is 15.2 Å². The molecule has 1 amide bonds. The largest absolute Gasteiger partial charge is 0.494 e. The first-order chi connectivity index (χ1) is 19.6. The molecule has 2 aromatic carbocycles. The SMILES string of the molecule is COc1ccccc1-n1nc2c(c1C(C)C)C(c1ccc(Cl)cc1)N(c1cc(Cl)c(=O)n(CCOC(C)=O)c1)C2=O. The first kappa shape index (κ1) is 28.4. The van der Waals surface area contributed by atoms with Gasteiger partial charge in [-0.05, 0) is 41.8 Å². The van der Waals surface area contributed by atoms with Crippen LogP contribution in [0, 0.1) is 0 Å². The molecule has 1 aliphatic rings. The molecule has 0 fully saturated rings. The van der Waals surface area contributed by atoms with Gasteiger partial charge in [-0.2, -0.15) is 5.10 Å². The molecule has 1 aliphatic heterocycles. The van der Waals surface area contributed by atoms with Gasteiger partial charge in [0.1, 0.15) is 23.1 Å². The summed E-state index contributed by atoms with van der Waals surface area (Å²) < 4.78 is 13.8. The van der Waals surface area contributed by atoms with Gasteiger partial charge >= 0.3 is 5.97 Å². The number of nitrogens with zero attached hydrogens (tertiary/aromatic N) is 4. The zero-order valence-corrected chi connectivity index (χ0v) is 24.4. The quantitative estimate of drug-likeness (QED) is 0.240. The number of aromatic nitrogens is 3. The van der Waals surface area contributed by atoms with E-state index in [-0.39, 0.29) is 35.7 Å². The highest BCUT2D eigenvalue weighted by Crippen LogP contribution is 2.46. The molecule has 9 nitrogen and oxygen atoms in total. The van der Waals surface area contributed by atoms with Gasteiger partial charge in [-0.1, -0.05) is 61.3 Å². The van der Waals surface area contributed by atoms with Crippen molar-refractivity contribution in [2.24, 2.45) is 0 Å². The molecule has 0 N–H and O–H groups in total. The second kappa shape index (κ2) is 11.4. The Morgan fingerprint density at radius 1 is 1.07 bits per heavy atom. The minimum absolute atomic E-state index is 0.0210. The zero-order chi connectivity index (χ0) is 29.4. The molecule has 3 heterocycles. The predicted octanol–water partition coefficient (Wildman–Crippen LogP) is 5.79. The molecule has 0 saturated carbocycles. The van der Waals surface area contributed by atoms with Crippen LogP contribution in [0.25, 0.3) is 5.69 Å². The van der Waals surface area contributed by atoms with Crippen molar-refractivity contribution in [2.75, 3.05) is 18.6 Å². The lowest BCUT2D eigenvalue weighted by Crippen LogP contribution is -2.32. The van der Waals surface area contributed by atoms with E-state index in [9.17, 15) is 14.4 Å². The predicted molar refractivity (Wildman–Crippen MR) is 157 cm³/mol. The third kappa shape index (κ3) is 5.23. The summed E-state index contributed by atoms with van der Waals surface area (Å²) in [6.07, 6.45) is 1.55. The van der Waals surface area contributed by atoms with Crippen LogP contribution in [0.4, 0.5) is 5.69 Å². The molecule has 0 bridgehead atoms. The average Bonchev–Trinajstić information content (AvgIpc) is 3.46. The Morgan fingerprint density at radius 2 is 1.78 bits per heavy atom. The Kier molecular flexibility index (Phi) is 7.93. The molecular formula is C30H28Cl2N4O5. The van der Waals surface area contributed by atoms with Crippen molar-refractivity contribution < 1.29 is 19.1 Å². The maximum Gasteiger partial charge on any atom is 0.302 e. The molecule has 5 rings (SSSR count). The van der Waals surface area contributed by atoms with E-state index in [2.05, 4.69) is 0 Å². The van der Waals surface area contributed by atoms with Crippen molar-refractivity contribution in [3.8, 4) is 11.4 Å². The first-order valence-corrected chi connectivity index (χ1v) is 13.8. The molecule has 1 unspecified atom stereocenters. The van der Waals surface area contributed by atoms with Gasteiger partial charge in [0.15, 0.2) is 5.69 Å². The zero-order valence-electron chi connectivity index (χ0n) is 22.9. The molecule has 41 heavy (non-hydrogen) atoms.